The molecule has 1 aliphatic carbocycles. The lowest BCUT2D eigenvalue weighted by Crippen LogP contribution is -2.34. The fourth-order valence-electron chi connectivity index (χ4n) is 2.20. The fourth-order valence-corrected chi connectivity index (χ4v) is 2.96. The standard InChI is InChI=1S/C12H25NS/c1-3-8-14-9-7-13-12-6-4-5-11(2)10-12/h11-13H,3-10H2,1-2H3. The lowest BCUT2D eigenvalue weighted by molar-refractivity contribution is 0.306. The van der Waals surface area contributed by atoms with Gasteiger partial charge in [0.25, 0.3) is 0 Å². The molecule has 0 saturated heterocycles. The van der Waals surface area contributed by atoms with E-state index in [-0.39, 0.29) is 0 Å². The van der Waals surface area contributed by atoms with Crippen LogP contribution >= 0.6 is 11.8 Å². The van der Waals surface area contributed by atoms with Crippen molar-refractivity contribution in [1.29, 1.82) is 0 Å². The van der Waals surface area contributed by atoms with E-state index >= 15 is 0 Å². The van der Waals surface area contributed by atoms with Crippen LogP contribution in [0.4, 0.5) is 0 Å². The molecule has 0 bridgehead atoms. The first-order chi connectivity index (χ1) is 6.83. The Morgan fingerprint density at radius 2 is 2.14 bits per heavy atom. The summed E-state index contributed by atoms with van der Waals surface area (Å²) < 4.78 is 0. The van der Waals surface area contributed by atoms with Gasteiger partial charge in [0, 0.05) is 18.3 Å². The van der Waals surface area contributed by atoms with Gasteiger partial charge in [-0.1, -0.05) is 26.7 Å². The summed E-state index contributed by atoms with van der Waals surface area (Å²) in [6, 6.07) is 0.820. The highest BCUT2D eigenvalue weighted by Gasteiger charge is 2.17. The Morgan fingerprint density at radius 1 is 1.29 bits per heavy atom. The van der Waals surface area contributed by atoms with Crippen LogP contribution in [-0.4, -0.2) is 24.1 Å². The minimum Gasteiger partial charge on any atom is -0.313 e. The molecule has 0 spiro atoms. The molecule has 0 amide bonds. The van der Waals surface area contributed by atoms with Crippen LogP contribution in [0, 0.1) is 5.92 Å². The minimum absolute atomic E-state index is 0.820. The third kappa shape index (κ3) is 5.26. The van der Waals surface area contributed by atoms with E-state index in [1.54, 1.807) is 0 Å². The highest BCUT2D eigenvalue weighted by Crippen LogP contribution is 2.23. The monoisotopic (exact) mass is 215 g/mol. The highest BCUT2D eigenvalue weighted by molar-refractivity contribution is 7.99. The molecule has 1 rings (SSSR count). The van der Waals surface area contributed by atoms with Crippen molar-refractivity contribution in [2.24, 2.45) is 5.92 Å². The van der Waals surface area contributed by atoms with Crippen molar-refractivity contribution in [3.8, 4) is 0 Å². The average Bonchev–Trinajstić information content (AvgIpc) is 2.18. The van der Waals surface area contributed by atoms with Gasteiger partial charge >= 0.3 is 0 Å². The van der Waals surface area contributed by atoms with E-state index in [0.29, 0.717) is 0 Å². The molecule has 1 N–H and O–H groups in total. The smallest absolute Gasteiger partial charge is 0.00699 e. The third-order valence-electron chi connectivity index (χ3n) is 2.96. The van der Waals surface area contributed by atoms with Crippen molar-refractivity contribution in [3.63, 3.8) is 0 Å². The Morgan fingerprint density at radius 3 is 2.86 bits per heavy atom. The molecule has 2 atom stereocenters. The highest BCUT2D eigenvalue weighted by atomic mass is 32.2. The van der Waals surface area contributed by atoms with Crippen molar-refractivity contribution in [2.75, 3.05) is 18.1 Å². The largest absolute Gasteiger partial charge is 0.313 e. The van der Waals surface area contributed by atoms with Crippen LogP contribution in [-0.2, 0) is 0 Å². The molecule has 14 heavy (non-hydrogen) atoms. The van der Waals surface area contributed by atoms with Gasteiger partial charge < -0.3 is 5.32 Å². The van der Waals surface area contributed by atoms with Crippen molar-refractivity contribution in [1.82, 2.24) is 5.32 Å². The van der Waals surface area contributed by atoms with E-state index in [0.717, 1.165) is 12.0 Å². The Kier molecular flexibility index (Phi) is 6.70. The van der Waals surface area contributed by atoms with Gasteiger partial charge in [-0.05, 0) is 30.9 Å². The summed E-state index contributed by atoms with van der Waals surface area (Å²) in [6.07, 6.45) is 7.00. The molecular weight excluding hydrogens is 190 g/mol. The Hall–Kier alpha value is 0.310. The van der Waals surface area contributed by atoms with Crippen LogP contribution in [0.5, 0.6) is 0 Å². The number of hydrogen-bond donors (Lipinski definition) is 1. The fraction of sp³-hybridized carbons (Fsp3) is 1.00. The van der Waals surface area contributed by atoms with E-state index < -0.39 is 0 Å². The molecule has 0 radical (unpaired) electrons. The second kappa shape index (κ2) is 7.58. The van der Waals surface area contributed by atoms with Crippen molar-refractivity contribution in [2.45, 2.75) is 52.0 Å². The second-order valence-corrected chi connectivity index (χ2v) is 5.76. The van der Waals surface area contributed by atoms with Crippen LogP contribution < -0.4 is 5.32 Å². The molecule has 1 saturated carbocycles. The van der Waals surface area contributed by atoms with E-state index in [4.69, 9.17) is 0 Å². The number of hydrogen-bond acceptors (Lipinski definition) is 2. The summed E-state index contributed by atoms with van der Waals surface area (Å²) in [4.78, 5) is 0. The van der Waals surface area contributed by atoms with E-state index in [9.17, 15) is 0 Å². The lowest BCUT2D eigenvalue weighted by Gasteiger charge is -2.27. The van der Waals surface area contributed by atoms with Gasteiger partial charge in [0.1, 0.15) is 0 Å². The van der Waals surface area contributed by atoms with Crippen molar-refractivity contribution < 1.29 is 0 Å². The van der Waals surface area contributed by atoms with E-state index in [1.807, 2.05) is 0 Å². The van der Waals surface area contributed by atoms with Crippen LogP contribution in [0.2, 0.25) is 0 Å². The molecule has 0 aromatic carbocycles. The molecule has 1 fully saturated rings. The maximum Gasteiger partial charge on any atom is 0.00699 e. The van der Waals surface area contributed by atoms with Crippen LogP contribution in [0.15, 0.2) is 0 Å². The molecule has 0 aromatic heterocycles. The molecular formula is C12H25NS. The first-order valence-electron chi connectivity index (χ1n) is 6.14. The zero-order valence-electron chi connectivity index (χ0n) is 9.72. The SMILES string of the molecule is CCCSCCNC1CCCC(C)C1. The predicted octanol–water partition coefficient (Wildman–Crippen LogP) is 3.30. The molecule has 84 valence electrons. The summed E-state index contributed by atoms with van der Waals surface area (Å²) in [5.74, 6) is 3.56. The molecule has 2 unspecified atom stereocenters. The third-order valence-corrected chi connectivity index (χ3v) is 4.15. The number of nitrogens with one attached hydrogen (secondary N) is 1. The summed E-state index contributed by atoms with van der Waals surface area (Å²) in [5.41, 5.74) is 0. The molecule has 0 heterocycles. The number of thioether (sulfide) groups is 1. The summed E-state index contributed by atoms with van der Waals surface area (Å²) in [5, 5.41) is 3.69. The van der Waals surface area contributed by atoms with Crippen LogP contribution in [0.3, 0.4) is 0 Å². The second-order valence-electron chi connectivity index (χ2n) is 4.54. The molecule has 2 heteroatoms. The Labute approximate surface area is 93.4 Å². The Bertz CT molecular complexity index is 138. The van der Waals surface area contributed by atoms with Crippen LogP contribution in [0.1, 0.15) is 46.0 Å². The number of rotatable bonds is 6. The zero-order valence-corrected chi connectivity index (χ0v) is 10.5. The maximum absolute atomic E-state index is 3.69. The molecule has 1 aliphatic rings. The van der Waals surface area contributed by atoms with Gasteiger partial charge in [-0.25, -0.2) is 0 Å². The van der Waals surface area contributed by atoms with Crippen LogP contribution in [0.25, 0.3) is 0 Å². The van der Waals surface area contributed by atoms with Gasteiger partial charge in [-0.15, -0.1) is 0 Å². The molecule has 0 aliphatic heterocycles. The van der Waals surface area contributed by atoms with Gasteiger partial charge in [0.2, 0.25) is 0 Å². The van der Waals surface area contributed by atoms with E-state index in [1.165, 1.54) is 50.2 Å². The van der Waals surface area contributed by atoms with Gasteiger partial charge in [0.05, 0.1) is 0 Å². The lowest BCUT2D eigenvalue weighted by atomic mass is 9.87. The van der Waals surface area contributed by atoms with Gasteiger partial charge in [-0.3, -0.25) is 0 Å². The van der Waals surface area contributed by atoms with Crippen molar-refractivity contribution in [3.05, 3.63) is 0 Å². The van der Waals surface area contributed by atoms with Gasteiger partial charge in [0.15, 0.2) is 0 Å². The first-order valence-corrected chi connectivity index (χ1v) is 7.29. The van der Waals surface area contributed by atoms with E-state index in [2.05, 4.69) is 30.9 Å². The molecule has 1 nitrogen and oxygen atoms in total. The van der Waals surface area contributed by atoms with Gasteiger partial charge in [-0.2, -0.15) is 11.8 Å². The minimum atomic E-state index is 0.820. The average molecular weight is 215 g/mol. The Balaban J connectivity index is 1.95. The zero-order chi connectivity index (χ0) is 10.2. The topological polar surface area (TPSA) is 12.0 Å². The summed E-state index contributed by atoms with van der Waals surface area (Å²) in [7, 11) is 0. The van der Waals surface area contributed by atoms with Crippen molar-refractivity contribution >= 4 is 11.8 Å². The predicted molar refractivity (Wildman–Crippen MR) is 67.0 cm³/mol. The summed E-state index contributed by atoms with van der Waals surface area (Å²) in [6.45, 7) is 5.85. The molecule has 0 aromatic rings. The quantitative estimate of drug-likeness (QED) is 0.682. The first kappa shape index (κ1) is 12.4. The summed E-state index contributed by atoms with van der Waals surface area (Å²) >= 11 is 2.08. The normalized spacial score (nSPS) is 27.9. The maximum atomic E-state index is 3.69.